The standard InChI is InChI=1S/C18H20ClN3O3/c1-10-8-11(2)21-18(25)14(10)9-20-16(23)12(3)22-17(24)13-6-4-5-7-15(13)19/h4-8,12H,9H2,1-3H3,(H,20,23)(H,21,25)(H,22,24). The molecule has 2 rings (SSSR count). The van der Waals surface area contributed by atoms with E-state index in [2.05, 4.69) is 15.6 Å². The van der Waals surface area contributed by atoms with Crippen molar-refractivity contribution >= 4 is 23.4 Å². The molecule has 6 nitrogen and oxygen atoms in total. The van der Waals surface area contributed by atoms with E-state index in [0.29, 0.717) is 16.1 Å². The minimum absolute atomic E-state index is 0.0899. The van der Waals surface area contributed by atoms with Crippen LogP contribution >= 0.6 is 11.6 Å². The number of nitrogens with one attached hydrogen (secondary N) is 3. The highest BCUT2D eigenvalue weighted by atomic mass is 35.5. The normalized spacial score (nSPS) is 11.7. The minimum Gasteiger partial charge on any atom is -0.350 e. The van der Waals surface area contributed by atoms with Crippen LogP contribution in [0.15, 0.2) is 35.1 Å². The van der Waals surface area contributed by atoms with Gasteiger partial charge in [0.2, 0.25) is 5.91 Å². The Hall–Kier alpha value is -2.60. The fourth-order valence-electron chi connectivity index (χ4n) is 2.42. The number of H-pyrrole nitrogens is 1. The van der Waals surface area contributed by atoms with Gasteiger partial charge in [-0.05, 0) is 44.5 Å². The van der Waals surface area contributed by atoms with Crippen molar-refractivity contribution in [1.29, 1.82) is 0 Å². The number of aromatic nitrogens is 1. The van der Waals surface area contributed by atoms with Crippen LogP contribution in [0.4, 0.5) is 0 Å². The third kappa shape index (κ3) is 4.70. The Morgan fingerprint density at radius 2 is 1.92 bits per heavy atom. The lowest BCUT2D eigenvalue weighted by atomic mass is 10.1. The van der Waals surface area contributed by atoms with E-state index in [1.165, 1.54) is 0 Å². The van der Waals surface area contributed by atoms with Crippen LogP contribution in [-0.2, 0) is 11.3 Å². The van der Waals surface area contributed by atoms with E-state index < -0.39 is 11.9 Å². The topological polar surface area (TPSA) is 91.1 Å². The van der Waals surface area contributed by atoms with Gasteiger partial charge in [-0.2, -0.15) is 0 Å². The molecule has 0 aliphatic rings. The van der Waals surface area contributed by atoms with Gasteiger partial charge < -0.3 is 15.6 Å². The van der Waals surface area contributed by atoms with E-state index in [0.717, 1.165) is 11.3 Å². The molecule has 1 atom stereocenters. The van der Waals surface area contributed by atoms with E-state index in [9.17, 15) is 14.4 Å². The predicted octanol–water partition coefficient (Wildman–Crippen LogP) is 2.08. The lowest BCUT2D eigenvalue weighted by Crippen LogP contribution is -2.45. The molecule has 0 saturated carbocycles. The van der Waals surface area contributed by atoms with Crippen LogP contribution in [0.5, 0.6) is 0 Å². The van der Waals surface area contributed by atoms with Crippen molar-refractivity contribution in [3.05, 3.63) is 68.1 Å². The van der Waals surface area contributed by atoms with Gasteiger partial charge in [0.15, 0.2) is 0 Å². The average molecular weight is 362 g/mol. The number of carbonyl (C=O) groups excluding carboxylic acids is 2. The number of pyridine rings is 1. The number of hydrogen-bond donors (Lipinski definition) is 3. The zero-order valence-electron chi connectivity index (χ0n) is 14.3. The smallest absolute Gasteiger partial charge is 0.253 e. The monoisotopic (exact) mass is 361 g/mol. The Morgan fingerprint density at radius 1 is 1.24 bits per heavy atom. The maximum Gasteiger partial charge on any atom is 0.253 e. The highest BCUT2D eigenvalue weighted by molar-refractivity contribution is 6.33. The van der Waals surface area contributed by atoms with Gasteiger partial charge in [-0.1, -0.05) is 23.7 Å². The van der Waals surface area contributed by atoms with Crippen LogP contribution in [0.1, 0.15) is 34.1 Å². The van der Waals surface area contributed by atoms with Crippen molar-refractivity contribution in [2.75, 3.05) is 0 Å². The first-order valence-corrected chi connectivity index (χ1v) is 8.20. The first-order valence-electron chi connectivity index (χ1n) is 7.82. The van der Waals surface area contributed by atoms with Gasteiger partial charge in [0, 0.05) is 17.8 Å². The molecule has 0 fully saturated rings. The Kier molecular flexibility index (Phi) is 5.98. The van der Waals surface area contributed by atoms with E-state index in [-0.39, 0.29) is 18.0 Å². The maximum atomic E-state index is 12.2. The summed E-state index contributed by atoms with van der Waals surface area (Å²) in [5, 5.41) is 5.57. The van der Waals surface area contributed by atoms with Crippen molar-refractivity contribution in [2.45, 2.75) is 33.4 Å². The quantitative estimate of drug-likeness (QED) is 0.761. The molecule has 0 bridgehead atoms. The number of aromatic amines is 1. The zero-order valence-corrected chi connectivity index (χ0v) is 15.0. The van der Waals surface area contributed by atoms with E-state index in [4.69, 9.17) is 11.6 Å². The molecule has 1 unspecified atom stereocenters. The number of halogens is 1. The molecule has 25 heavy (non-hydrogen) atoms. The lowest BCUT2D eigenvalue weighted by molar-refractivity contribution is -0.122. The fourth-order valence-corrected chi connectivity index (χ4v) is 2.64. The second kappa shape index (κ2) is 7.98. The Morgan fingerprint density at radius 3 is 2.56 bits per heavy atom. The first kappa shape index (κ1) is 18.7. The van der Waals surface area contributed by atoms with Gasteiger partial charge in [-0.25, -0.2) is 0 Å². The van der Waals surface area contributed by atoms with Gasteiger partial charge in [0.1, 0.15) is 6.04 Å². The molecule has 2 aromatic rings. The van der Waals surface area contributed by atoms with Crippen molar-refractivity contribution in [3.8, 4) is 0 Å². The summed E-state index contributed by atoms with van der Waals surface area (Å²) in [5.41, 5.74) is 2.12. The summed E-state index contributed by atoms with van der Waals surface area (Å²) in [6, 6.07) is 7.67. The van der Waals surface area contributed by atoms with Crippen molar-refractivity contribution in [1.82, 2.24) is 15.6 Å². The molecule has 0 aliphatic heterocycles. The summed E-state index contributed by atoms with van der Waals surface area (Å²) in [6.07, 6.45) is 0. The largest absolute Gasteiger partial charge is 0.350 e. The van der Waals surface area contributed by atoms with E-state index >= 15 is 0 Å². The van der Waals surface area contributed by atoms with E-state index in [1.54, 1.807) is 38.1 Å². The lowest BCUT2D eigenvalue weighted by Gasteiger charge is -2.15. The molecule has 1 aromatic heterocycles. The summed E-state index contributed by atoms with van der Waals surface area (Å²) in [7, 11) is 0. The van der Waals surface area contributed by atoms with Crippen LogP contribution in [0.3, 0.4) is 0 Å². The van der Waals surface area contributed by atoms with Gasteiger partial charge in [0.25, 0.3) is 11.5 Å². The summed E-state index contributed by atoms with van der Waals surface area (Å²) in [6.45, 7) is 5.26. The number of carbonyl (C=O) groups is 2. The number of rotatable bonds is 5. The molecule has 7 heteroatoms. The van der Waals surface area contributed by atoms with Crippen molar-refractivity contribution < 1.29 is 9.59 Å². The first-order chi connectivity index (χ1) is 11.8. The van der Waals surface area contributed by atoms with Gasteiger partial charge in [-0.3, -0.25) is 14.4 Å². The minimum atomic E-state index is -0.770. The zero-order chi connectivity index (χ0) is 18.6. The second-order valence-corrected chi connectivity index (χ2v) is 6.24. The molecule has 0 spiro atoms. The molecule has 3 N–H and O–H groups in total. The van der Waals surface area contributed by atoms with Crippen LogP contribution < -0.4 is 16.2 Å². The Labute approximate surface area is 150 Å². The van der Waals surface area contributed by atoms with Crippen LogP contribution in [-0.4, -0.2) is 22.8 Å². The van der Waals surface area contributed by atoms with E-state index in [1.807, 2.05) is 13.0 Å². The highest BCUT2D eigenvalue weighted by Crippen LogP contribution is 2.14. The molecule has 1 heterocycles. The molecule has 1 aromatic carbocycles. The average Bonchev–Trinajstić information content (AvgIpc) is 2.53. The van der Waals surface area contributed by atoms with Gasteiger partial charge in [0.05, 0.1) is 10.6 Å². The van der Waals surface area contributed by atoms with Gasteiger partial charge >= 0.3 is 0 Å². The van der Waals surface area contributed by atoms with Crippen molar-refractivity contribution in [3.63, 3.8) is 0 Å². The number of amides is 2. The molecular weight excluding hydrogens is 342 g/mol. The Balaban J connectivity index is 1.98. The van der Waals surface area contributed by atoms with Crippen molar-refractivity contribution in [2.24, 2.45) is 0 Å². The SMILES string of the molecule is Cc1cc(C)c(CNC(=O)C(C)NC(=O)c2ccccc2Cl)c(=O)[nH]1. The van der Waals surface area contributed by atoms with Gasteiger partial charge in [-0.15, -0.1) is 0 Å². The highest BCUT2D eigenvalue weighted by Gasteiger charge is 2.18. The maximum absolute atomic E-state index is 12.2. The fraction of sp³-hybridized carbons (Fsp3) is 0.278. The summed E-state index contributed by atoms with van der Waals surface area (Å²) in [4.78, 5) is 39.0. The molecule has 132 valence electrons. The number of aryl methyl sites for hydroxylation is 2. The molecule has 0 radical (unpaired) electrons. The third-order valence-corrected chi connectivity index (χ3v) is 4.12. The number of hydrogen-bond acceptors (Lipinski definition) is 3. The molecular formula is C18H20ClN3O3. The van der Waals surface area contributed by atoms with Crippen LogP contribution in [0.25, 0.3) is 0 Å². The molecule has 0 saturated heterocycles. The second-order valence-electron chi connectivity index (χ2n) is 5.84. The third-order valence-electron chi connectivity index (χ3n) is 3.79. The molecule has 0 aliphatic carbocycles. The predicted molar refractivity (Wildman–Crippen MR) is 96.8 cm³/mol. The Bertz CT molecular complexity index is 861. The van der Waals surface area contributed by atoms with Crippen LogP contribution in [0.2, 0.25) is 5.02 Å². The molecule has 2 amide bonds. The summed E-state index contributed by atoms with van der Waals surface area (Å²) in [5.74, 6) is -0.822. The number of benzene rings is 1. The summed E-state index contributed by atoms with van der Waals surface area (Å²) < 4.78 is 0. The van der Waals surface area contributed by atoms with Crippen LogP contribution in [0, 0.1) is 13.8 Å². The summed E-state index contributed by atoms with van der Waals surface area (Å²) >= 11 is 5.97.